The molecule has 3 aromatic rings. The number of carbonyl (C=O) groups excluding carboxylic acids is 2. The van der Waals surface area contributed by atoms with Crippen LogP contribution in [0.1, 0.15) is 62.3 Å². The maximum Gasteiger partial charge on any atom is 0.327 e. The Hall–Kier alpha value is -3.45. The van der Waals surface area contributed by atoms with E-state index in [4.69, 9.17) is 10.5 Å². The van der Waals surface area contributed by atoms with E-state index in [1.54, 1.807) is 24.3 Å². The van der Waals surface area contributed by atoms with E-state index < -0.39 is 16.8 Å². The molecule has 206 valence electrons. The summed E-state index contributed by atoms with van der Waals surface area (Å²) in [4.78, 5) is 28.0. The summed E-state index contributed by atoms with van der Waals surface area (Å²) in [5, 5.41) is 18.3. The molecule has 4 rings (SSSR count). The fourth-order valence-electron chi connectivity index (χ4n) is 4.94. The lowest BCUT2D eigenvalue weighted by Gasteiger charge is -2.39. The number of nitrogen functional groups attached to an aromatic ring is 1. The van der Waals surface area contributed by atoms with Crippen LogP contribution in [-0.2, 0) is 32.6 Å². The number of benzene rings is 3. The predicted octanol–water partition coefficient (Wildman–Crippen LogP) is 6.27. The standard InChI is InChI=1S/C32H37NO5S/c1-20-17-28(25(18-26(20)33)31(2,3)4)39-29-27(36)19-32(38-30(29)37,15-13-21-5-9-23(34)10-6-21)16-14-22-7-11-24(35)12-8-22/h5-12,17-18,29,34-35H,13-16,19,33H2,1-4H3. The first kappa shape index (κ1) is 28.6. The molecule has 0 radical (unpaired) electrons. The molecule has 0 amide bonds. The maximum absolute atomic E-state index is 13.6. The highest BCUT2D eigenvalue weighted by atomic mass is 32.2. The van der Waals surface area contributed by atoms with Crippen LogP contribution in [0.15, 0.2) is 65.6 Å². The number of hydrogen-bond donors (Lipinski definition) is 3. The summed E-state index contributed by atoms with van der Waals surface area (Å²) in [7, 11) is 0. The molecule has 1 heterocycles. The molecule has 7 heteroatoms. The van der Waals surface area contributed by atoms with Crippen LogP contribution in [0.25, 0.3) is 0 Å². The van der Waals surface area contributed by atoms with Gasteiger partial charge < -0.3 is 20.7 Å². The number of hydrogen-bond acceptors (Lipinski definition) is 7. The van der Waals surface area contributed by atoms with Crippen molar-refractivity contribution in [2.45, 2.75) is 81.0 Å². The molecule has 3 aromatic carbocycles. The van der Waals surface area contributed by atoms with Crippen molar-refractivity contribution in [1.82, 2.24) is 0 Å². The van der Waals surface area contributed by atoms with Crippen molar-refractivity contribution in [3.05, 3.63) is 82.9 Å². The lowest BCUT2D eigenvalue weighted by Crippen LogP contribution is -2.49. The number of Topliss-reactive ketones (excluding diaryl/α,β-unsaturated/α-hetero) is 1. The van der Waals surface area contributed by atoms with Crippen LogP contribution < -0.4 is 5.73 Å². The zero-order chi connectivity index (χ0) is 28.4. The van der Waals surface area contributed by atoms with Gasteiger partial charge in [-0.15, -0.1) is 11.8 Å². The number of nitrogens with two attached hydrogens (primary N) is 1. The second-order valence-corrected chi connectivity index (χ2v) is 12.7. The normalized spacial score (nSPS) is 17.2. The number of ketones is 1. The molecule has 1 saturated heterocycles. The van der Waals surface area contributed by atoms with Crippen molar-refractivity contribution in [3.8, 4) is 11.5 Å². The van der Waals surface area contributed by atoms with Crippen LogP contribution in [0.5, 0.6) is 11.5 Å². The number of aromatic hydroxyl groups is 2. The van der Waals surface area contributed by atoms with E-state index in [1.165, 1.54) is 11.8 Å². The molecule has 0 saturated carbocycles. The van der Waals surface area contributed by atoms with Gasteiger partial charge in [0, 0.05) is 17.0 Å². The van der Waals surface area contributed by atoms with E-state index in [1.807, 2.05) is 43.3 Å². The smallest absolute Gasteiger partial charge is 0.327 e. The summed E-state index contributed by atoms with van der Waals surface area (Å²) in [5.41, 5.74) is 9.59. The summed E-state index contributed by atoms with van der Waals surface area (Å²) in [6.45, 7) is 8.17. The summed E-state index contributed by atoms with van der Waals surface area (Å²) in [6.07, 6.45) is 2.29. The number of carbonyl (C=O) groups is 2. The molecule has 1 aliphatic rings. The van der Waals surface area contributed by atoms with E-state index in [9.17, 15) is 19.8 Å². The van der Waals surface area contributed by atoms with Crippen LogP contribution in [0.2, 0.25) is 0 Å². The first-order chi connectivity index (χ1) is 18.3. The van der Waals surface area contributed by atoms with Gasteiger partial charge in [0.05, 0.1) is 0 Å². The topological polar surface area (TPSA) is 110 Å². The van der Waals surface area contributed by atoms with Gasteiger partial charge in [0.25, 0.3) is 0 Å². The van der Waals surface area contributed by atoms with Crippen molar-refractivity contribution in [1.29, 1.82) is 0 Å². The Labute approximate surface area is 234 Å². The summed E-state index contributed by atoms with van der Waals surface area (Å²) in [5.74, 6) is -0.274. The molecular formula is C32H37NO5S. The number of thioether (sulfide) groups is 1. The lowest BCUT2D eigenvalue weighted by atomic mass is 9.82. The van der Waals surface area contributed by atoms with Gasteiger partial charge in [-0.3, -0.25) is 9.59 Å². The summed E-state index contributed by atoms with van der Waals surface area (Å²) < 4.78 is 6.20. The van der Waals surface area contributed by atoms with Crippen LogP contribution in [-0.4, -0.2) is 32.8 Å². The van der Waals surface area contributed by atoms with Crippen molar-refractivity contribution >= 4 is 29.2 Å². The molecule has 4 N–H and O–H groups in total. The van der Waals surface area contributed by atoms with Crippen molar-refractivity contribution in [3.63, 3.8) is 0 Å². The highest BCUT2D eigenvalue weighted by Gasteiger charge is 2.47. The third-order valence-electron chi connectivity index (χ3n) is 7.35. The van der Waals surface area contributed by atoms with Crippen LogP contribution in [0.4, 0.5) is 5.69 Å². The molecule has 1 unspecified atom stereocenters. The molecule has 0 spiro atoms. The van der Waals surface area contributed by atoms with Crippen molar-refractivity contribution < 1.29 is 24.5 Å². The highest BCUT2D eigenvalue weighted by molar-refractivity contribution is 8.01. The van der Waals surface area contributed by atoms with Gasteiger partial charge >= 0.3 is 5.97 Å². The predicted molar refractivity (Wildman–Crippen MR) is 155 cm³/mol. The third kappa shape index (κ3) is 6.95. The zero-order valence-corrected chi connectivity index (χ0v) is 23.8. The maximum atomic E-state index is 13.6. The molecule has 0 aromatic heterocycles. The largest absolute Gasteiger partial charge is 0.508 e. The molecule has 0 bridgehead atoms. The molecule has 1 atom stereocenters. The number of esters is 1. The van der Waals surface area contributed by atoms with Gasteiger partial charge in [-0.05, 0) is 96.7 Å². The van der Waals surface area contributed by atoms with Gasteiger partial charge in [0.2, 0.25) is 0 Å². The quantitative estimate of drug-likeness (QED) is 0.173. The van der Waals surface area contributed by atoms with Gasteiger partial charge in [0.1, 0.15) is 17.1 Å². The summed E-state index contributed by atoms with van der Waals surface area (Å²) >= 11 is 1.25. The Morgan fingerprint density at radius 1 is 0.923 bits per heavy atom. The molecule has 6 nitrogen and oxygen atoms in total. The second-order valence-electron chi connectivity index (χ2n) is 11.5. The molecular weight excluding hydrogens is 510 g/mol. The number of cyclic esters (lactones) is 1. The number of aryl methyl sites for hydroxylation is 3. The van der Waals surface area contributed by atoms with Gasteiger partial charge in [0.15, 0.2) is 11.0 Å². The lowest BCUT2D eigenvalue weighted by molar-refractivity contribution is -0.171. The second kappa shape index (κ2) is 11.3. The molecule has 39 heavy (non-hydrogen) atoms. The van der Waals surface area contributed by atoms with Crippen LogP contribution >= 0.6 is 11.8 Å². The number of ether oxygens (including phenoxy) is 1. The minimum atomic E-state index is -0.940. The number of phenolic OH excluding ortho intramolecular Hbond substituents is 2. The third-order valence-corrected chi connectivity index (χ3v) is 8.64. The molecule has 1 fully saturated rings. The van der Waals surface area contributed by atoms with E-state index >= 15 is 0 Å². The monoisotopic (exact) mass is 547 g/mol. The average molecular weight is 548 g/mol. The Bertz CT molecular complexity index is 1270. The SMILES string of the molecule is Cc1cc(SC2C(=O)CC(CCc3ccc(O)cc3)(CCc3ccc(O)cc3)OC2=O)c(C(C)(C)C)cc1N. The number of rotatable bonds is 8. The number of anilines is 1. The Kier molecular flexibility index (Phi) is 8.31. The Balaban J connectivity index is 1.58. The first-order valence-corrected chi connectivity index (χ1v) is 14.1. The van der Waals surface area contributed by atoms with Crippen molar-refractivity contribution in [2.75, 3.05) is 5.73 Å². The minimum Gasteiger partial charge on any atom is -0.508 e. The van der Waals surface area contributed by atoms with Crippen LogP contribution in [0.3, 0.4) is 0 Å². The fourth-order valence-corrected chi connectivity index (χ4v) is 6.29. The Morgan fingerprint density at radius 2 is 1.44 bits per heavy atom. The molecule has 0 aliphatic carbocycles. The van der Waals surface area contributed by atoms with E-state index in [-0.39, 0.29) is 29.1 Å². The summed E-state index contributed by atoms with van der Waals surface area (Å²) in [6, 6.07) is 17.8. The van der Waals surface area contributed by atoms with E-state index in [2.05, 4.69) is 20.8 Å². The van der Waals surface area contributed by atoms with Gasteiger partial charge in [-0.2, -0.15) is 0 Å². The highest BCUT2D eigenvalue weighted by Crippen LogP contribution is 2.42. The Morgan fingerprint density at radius 3 is 1.90 bits per heavy atom. The first-order valence-electron chi connectivity index (χ1n) is 13.2. The average Bonchev–Trinajstić information content (AvgIpc) is 2.87. The van der Waals surface area contributed by atoms with Gasteiger partial charge in [-0.1, -0.05) is 45.0 Å². The fraction of sp³-hybridized carbons (Fsp3) is 0.375. The molecule has 1 aliphatic heterocycles. The van der Waals surface area contributed by atoms with E-state index in [0.717, 1.165) is 27.1 Å². The zero-order valence-electron chi connectivity index (χ0n) is 23.0. The minimum absolute atomic E-state index is 0.130. The van der Waals surface area contributed by atoms with Crippen molar-refractivity contribution in [2.24, 2.45) is 0 Å². The van der Waals surface area contributed by atoms with E-state index in [0.29, 0.717) is 31.4 Å². The van der Waals surface area contributed by atoms with Crippen LogP contribution in [0, 0.1) is 6.92 Å². The van der Waals surface area contributed by atoms with Gasteiger partial charge in [-0.25, -0.2) is 0 Å². The number of phenols is 2.